The highest BCUT2D eigenvalue weighted by atomic mass is 16.6. The van der Waals surface area contributed by atoms with Gasteiger partial charge in [-0.3, -0.25) is 14.5 Å². The molecule has 1 unspecified atom stereocenters. The number of carbonyl (C=O) groups excluding carboxylic acids is 3. The Morgan fingerprint density at radius 2 is 1.64 bits per heavy atom. The number of anilines is 2. The molecule has 3 rings (SSSR count). The van der Waals surface area contributed by atoms with E-state index in [1.54, 1.807) is 21.7 Å². The Balaban J connectivity index is 1.87. The molecule has 0 spiro atoms. The number of amides is 3. The zero-order valence-electron chi connectivity index (χ0n) is 17.1. The summed E-state index contributed by atoms with van der Waals surface area (Å²) in [6.07, 6.45) is 1.13. The zero-order valence-corrected chi connectivity index (χ0v) is 17.1. The smallest absolute Gasteiger partial charge is 0.414 e. The largest absolute Gasteiger partial charge is 0.443 e. The summed E-state index contributed by atoms with van der Waals surface area (Å²) in [6, 6.07) is 7.40. The minimum absolute atomic E-state index is 0.00286. The minimum atomic E-state index is -0.595. The van der Waals surface area contributed by atoms with Gasteiger partial charge in [0.15, 0.2) is 0 Å². The lowest BCUT2D eigenvalue weighted by Gasteiger charge is -2.32. The van der Waals surface area contributed by atoms with E-state index in [0.29, 0.717) is 43.9 Å². The predicted molar refractivity (Wildman–Crippen MR) is 107 cm³/mol. The van der Waals surface area contributed by atoms with Gasteiger partial charge in [-0.05, 0) is 45.7 Å². The van der Waals surface area contributed by atoms with Gasteiger partial charge in [-0.2, -0.15) is 0 Å². The molecule has 1 atom stereocenters. The molecule has 3 amide bonds. The number of para-hydroxylation sites is 2. The monoisotopic (exact) mass is 387 g/mol. The Morgan fingerprint density at radius 1 is 1.04 bits per heavy atom. The van der Waals surface area contributed by atoms with E-state index in [4.69, 9.17) is 4.74 Å². The topological polar surface area (TPSA) is 70.2 Å². The number of ether oxygens (including phenoxy) is 1. The number of hydrogen-bond donors (Lipinski definition) is 0. The fraction of sp³-hybridized carbons (Fsp3) is 0.571. The molecule has 2 aliphatic heterocycles. The van der Waals surface area contributed by atoms with E-state index in [2.05, 4.69) is 0 Å². The fourth-order valence-corrected chi connectivity index (χ4v) is 3.66. The normalized spacial score (nSPS) is 20.5. The Labute approximate surface area is 166 Å². The molecule has 0 bridgehead atoms. The minimum Gasteiger partial charge on any atom is -0.443 e. The van der Waals surface area contributed by atoms with Crippen LogP contribution < -0.4 is 9.80 Å². The van der Waals surface area contributed by atoms with Gasteiger partial charge in [-0.1, -0.05) is 12.1 Å². The molecule has 0 N–H and O–H groups in total. The highest BCUT2D eigenvalue weighted by Gasteiger charge is 2.35. The third kappa shape index (κ3) is 4.29. The van der Waals surface area contributed by atoms with Gasteiger partial charge in [-0.15, -0.1) is 0 Å². The molecule has 152 valence electrons. The second-order valence-electron chi connectivity index (χ2n) is 8.47. The maximum absolute atomic E-state index is 13.2. The number of hydrogen-bond acceptors (Lipinski definition) is 4. The van der Waals surface area contributed by atoms with Crippen molar-refractivity contribution >= 4 is 29.3 Å². The van der Waals surface area contributed by atoms with Crippen molar-refractivity contribution in [2.45, 2.75) is 45.6 Å². The fourth-order valence-electron chi connectivity index (χ4n) is 3.66. The van der Waals surface area contributed by atoms with Crippen molar-refractivity contribution in [1.29, 1.82) is 0 Å². The lowest BCUT2D eigenvalue weighted by atomic mass is 9.94. The molecular formula is C21H29N3O4. The molecule has 1 saturated heterocycles. The quantitative estimate of drug-likeness (QED) is 0.743. The lowest BCUT2D eigenvalue weighted by molar-refractivity contribution is -0.138. The van der Waals surface area contributed by atoms with Crippen LogP contribution in [-0.4, -0.2) is 55.1 Å². The van der Waals surface area contributed by atoms with Gasteiger partial charge in [0.25, 0.3) is 0 Å². The van der Waals surface area contributed by atoms with Crippen molar-refractivity contribution in [3.05, 3.63) is 24.3 Å². The van der Waals surface area contributed by atoms with E-state index < -0.39 is 11.7 Å². The van der Waals surface area contributed by atoms with Crippen LogP contribution >= 0.6 is 0 Å². The Kier molecular flexibility index (Phi) is 5.63. The van der Waals surface area contributed by atoms with Crippen LogP contribution in [-0.2, 0) is 14.3 Å². The van der Waals surface area contributed by atoms with Gasteiger partial charge >= 0.3 is 6.09 Å². The Bertz CT molecular complexity index is 771. The average Bonchev–Trinajstić information content (AvgIpc) is 2.82. The molecule has 2 aliphatic rings. The van der Waals surface area contributed by atoms with Gasteiger partial charge in [0.05, 0.1) is 11.4 Å². The number of piperidine rings is 1. The second-order valence-corrected chi connectivity index (χ2v) is 8.47. The van der Waals surface area contributed by atoms with Crippen LogP contribution in [0.3, 0.4) is 0 Å². The molecule has 1 aromatic carbocycles. The third-order valence-electron chi connectivity index (χ3n) is 5.12. The Morgan fingerprint density at radius 3 is 2.25 bits per heavy atom. The van der Waals surface area contributed by atoms with Gasteiger partial charge < -0.3 is 14.5 Å². The van der Waals surface area contributed by atoms with Gasteiger partial charge in [0.1, 0.15) is 5.60 Å². The number of carbonyl (C=O) groups is 3. The van der Waals surface area contributed by atoms with Crippen molar-refractivity contribution in [3.8, 4) is 0 Å². The van der Waals surface area contributed by atoms with Crippen LogP contribution in [0.2, 0.25) is 0 Å². The molecule has 1 fully saturated rings. The highest BCUT2D eigenvalue weighted by molar-refractivity contribution is 6.03. The number of fused-ring (bicyclic) bond motifs is 1. The summed E-state index contributed by atoms with van der Waals surface area (Å²) in [4.78, 5) is 43.1. The molecule has 0 aliphatic carbocycles. The summed E-state index contributed by atoms with van der Waals surface area (Å²) in [7, 11) is 1.77. The first-order valence-corrected chi connectivity index (χ1v) is 9.82. The number of nitrogens with zero attached hydrogens (tertiary/aromatic N) is 3. The van der Waals surface area contributed by atoms with Crippen molar-refractivity contribution < 1.29 is 19.1 Å². The standard InChI is InChI=1S/C21H29N3O4/c1-21(2,3)28-20(27)24-12-7-11-23(16-8-5-6-9-17(16)24)19(26)15-10-13-22(4)18(25)14-15/h5-6,8-9,15H,7,10-14H2,1-4H3. The summed E-state index contributed by atoms with van der Waals surface area (Å²) < 4.78 is 5.56. The van der Waals surface area contributed by atoms with Crippen molar-refractivity contribution in [2.24, 2.45) is 5.92 Å². The number of benzene rings is 1. The molecule has 7 nitrogen and oxygen atoms in total. The summed E-state index contributed by atoms with van der Waals surface area (Å²) in [5.74, 6) is -0.354. The van der Waals surface area contributed by atoms with Crippen LogP contribution in [0.1, 0.15) is 40.0 Å². The van der Waals surface area contributed by atoms with Crippen LogP contribution in [0.4, 0.5) is 16.2 Å². The van der Waals surface area contributed by atoms with Crippen molar-refractivity contribution in [3.63, 3.8) is 0 Å². The van der Waals surface area contributed by atoms with E-state index >= 15 is 0 Å². The van der Waals surface area contributed by atoms with Crippen LogP contribution in [0, 0.1) is 5.92 Å². The molecule has 0 aromatic heterocycles. The molecule has 1 aromatic rings. The maximum Gasteiger partial charge on any atom is 0.414 e. The molecule has 28 heavy (non-hydrogen) atoms. The van der Waals surface area contributed by atoms with E-state index in [-0.39, 0.29) is 24.2 Å². The van der Waals surface area contributed by atoms with E-state index in [0.717, 1.165) is 0 Å². The van der Waals surface area contributed by atoms with Crippen LogP contribution in [0.25, 0.3) is 0 Å². The first-order valence-electron chi connectivity index (χ1n) is 9.82. The highest BCUT2D eigenvalue weighted by Crippen LogP contribution is 2.35. The first kappa shape index (κ1) is 20.2. The third-order valence-corrected chi connectivity index (χ3v) is 5.12. The molecule has 0 saturated carbocycles. The number of rotatable bonds is 1. The first-order chi connectivity index (χ1) is 13.2. The maximum atomic E-state index is 13.2. The molecule has 0 radical (unpaired) electrons. The van der Waals surface area contributed by atoms with Crippen LogP contribution in [0.15, 0.2) is 24.3 Å². The molecule has 2 heterocycles. The molecule has 7 heteroatoms. The van der Waals surface area contributed by atoms with Gasteiger partial charge in [0, 0.05) is 39.0 Å². The van der Waals surface area contributed by atoms with Gasteiger partial charge in [0.2, 0.25) is 11.8 Å². The predicted octanol–water partition coefficient (Wildman–Crippen LogP) is 3.03. The summed E-state index contributed by atoms with van der Waals surface area (Å²) in [6.45, 7) is 7.08. The summed E-state index contributed by atoms with van der Waals surface area (Å²) in [5, 5.41) is 0. The van der Waals surface area contributed by atoms with Gasteiger partial charge in [-0.25, -0.2) is 4.79 Å². The average molecular weight is 387 g/mol. The van der Waals surface area contributed by atoms with Crippen LogP contribution in [0.5, 0.6) is 0 Å². The summed E-state index contributed by atoms with van der Waals surface area (Å²) in [5.41, 5.74) is 0.770. The van der Waals surface area contributed by atoms with E-state index in [1.807, 2.05) is 45.0 Å². The second kappa shape index (κ2) is 7.81. The SMILES string of the molecule is CN1CCC(C(=O)N2CCCN(C(=O)OC(C)(C)C)c3ccccc32)CC1=O. The summed E-state index contributed by atoms with van der Waals surface area (Å²) >= 11 is 0. The zero-order chi connectivity index (χ0) is 20.5. The molecular weight excluding hydrogens is 358 g/mol. The Hall–Kier alpha value is -2.57. The van der Waals surface area contributed by atoms with Crippen molar-refractivity contribution in [1.82, 2.24) is 4.90 Å². The van der Waals surface area contributed by atoms with Crippen molar-refractivity contribution in [2.75, 3.05) is 36.5 Å². The number of likely N-dealkylation sites (tertiary alicyclic amines) is 1. The lowest BCUT2D eigenvalue weighted by Crippen LogP contribution is -2.44. The van der Waals surface area contributed by atoms with E-state index in [9.17, 15) is 14.4 Å². The van der Waals surface area contributed by atoms with E-state index in [1.165, 1.54) is 0 Å².